The standard InChI is InChI=1S/C34H32ClF2N7O3/c1-20(36)33(45)44-12-11-43(17-23(44)15-38-2)32-26-16-39-30(25-8-3-6-21-7-4-9-27(35)28(21)25)29(37)31(26)40-34(41-32)46-13-5-10-42-18-24-14-22(42)19-47-24/h3-4,6-9,16,22-24H,1,5,10-15,17-19H2/t22-,23-,24-/m0/s1. The molecule has 7 rings (SSSR count). The number of nitrogens with zero attached hydrogens (tertiary/aromatic N) is 7. The number of pyridine rings is 1. The number of carbonyl (C=O) groups excluding carboxylic acids is 1. The van der Waals surface area contributed by atoms with Crippen molar-refractivity contribution in [1.82, 2.24) is 24.8 Å². The van der Waals surface area contributed by atoms with Crippen LogP contribution in [-0.4, -0.2) is 101 Å². The summed E-state index contributed by atoms with van der Waals surface area (Å²) in [5.41, 5.74) is 0.626. The van der Waals surface area contributed by atoms with Crippen molar-refractivity contribution in [2.24, 2.45) is 0 Å². The molecule has 2 aromatic heterocycles. The highest BCUT2D eigenvalue weighted by Crippen LogP contribution is 2.37. The van der Waals surface area contributed by atoms with E-state index in [0.717, 1.165) is 37.9 Å². The second-order valence-electron chi connectivity index (χ2n) is 12.0. The van der Waals surface area contributed by atoms with E-state index in [-0.39, 0.29) is 43.4 Å². The van der Waals surface area contributed by atoms with Crippen LogP contribution in [0, 0.1) is 12.4 Å². The molecule has 13 heteroatoms. The Labute approximate surface area is 275 Å². The molecule has 4 aromatic rings. The van der Waals surface area contributed by atoms with Gasteiger partial charge in [0.1, 0.15) is 23.1 Å². The Balaban J connectivity index is 1.24. The van der Waals surface area contributed by atoms with Gasteiger partial charge in [0.25, 0.3) is 5.91 Å². The Kier molecular flexibility index (Phi) is 8.61. The molecule has 1 amide bonds. The number of morpholine rings is 1. The first-order valence-electron chi connectivity index (χ1n) is 15.6. The molecule has 3 saturated heterocycles. The first kappa shape index (κ1) is 31.2. The van der Waals surface area contributed by atoms with Crippen molar-refractivity contribution in [3.8, 4) is 17.3 Å². The van der Waals surface area contributed by atoms with Gasteiger partial charge in [-0.15, -0.1) is 0 Å². The number of rotatable bonds is 9. The number of anilines is 1. The van der Waals surface area contributed by atoms with Crippen LogP contribution < -0.4 is 9.64 Å². The minimum atomic E-state index is -1.08. The van der Waals surface area contributed by atoms with E-state index < -0.39 is 23.6 Å². The molecule has 5 heterocycles. The van der Waals surface area contributed by atoms with Crippen LogP contribution in [0.2, 0.25) is 5.02 Å². The van der Waals surface area contributed by atoms with Gasteiger partial charge in [-0.3, -0.25) is 14.7 Å². The number of benzene rings is 2. The average molecular weight is 660 g/mol. The van der Waals surface area contributed by atoms with E-state index in [0.29, 0.717) is 45.9 Å². The smallest absolute Gasteiger partial charge is 0.319 e. The Morgan fingerprint density at radius 1 is 1.19 bits per heavy atom. The van der Waals surface area contributed by atoms with Gasteiger partial charge in [0, 0.05) is 60.9 Å². The lowest BCUT2D eigenvalue weighted by molar-refractivity contribution is -0.131. The first-order chi connectivity index (χ1) is 22.8. The minimum Gasteiger partial charge on any atom is -0.463 e. The van der Waals surface area contributed by atoms with Gasteiger partial charge < -0.3 is 24.1 Å². The second-order valence-corrected chi connectivity index (χ2v) is 12.4. The molecule has 2 bridgehead atoms. The molecular weight excluding hydrogens is 628 g/mol. The van der Waals surface area contributed by atoms with E-state index in [2.05, 4.69) is 26.3 Å². The molecule has 0 spiro atoms. The Bertz CT molecular complexity index is 1920. The maximum atomic E-state index is 16.6. The molecule has 0 aliphatic carbocycles. The van der Waals surface area contributed by atoms with Crippen molar-refractivity contribution >= 4 is 45.0 Å². The summed E-state index contributed by atoms with van der Waals surface area (Å²) in [4.78, 5) is 35.3. The van der Waals surface area contributed by atoms with Crippen molar-refractivity contribution in [2.75, 3.05) is 57.4 Å². The van der Waals surface area contributed by atoms with Crippen LogP contribution in [-0.2, 0) is 9.53 Å². The highest BCUT2D eigenvalue weighted by molar-refractivity contribution is 6.36. The summed E-state index contributed by atoms with van der Waals surface area (Å²) in [6.07, 6.45) is 3.61. The summed E-state index contributed by atoms with van der Waals surface area (Å²) < 4.78 is 42.2. The summed E-state index contributed by atoms with van der Waals surface area (Å²) in [5, 5.41) is 2.33. The average Bonchev–Trinajstić information content (AvgIpc) is 3.70. The zero-order chi connectivity index (χ0) is 32.7. The van der Waals surface area contributed by atoms with Gasteiger partial charge in [-0.2, -0.15) is 9.97 Å². The topological polar surface area (TPSA) is 88.3 Å². The zero-order valence-corrected chi connectivity index (χ0v) is 26.3. The molecule has 3 aliphatic heterocycles. The molecule has 242 valence electrons. The van der Waals surface area contributed by atoms with E-state index in [1.807, 2.05) is 29.2 Å². The number of halogens is 3. The van der Waals surface area contributed by atoms with Crippen molar-refractivity contribution in [3.05, 3.63) is 77.3 Å². The van der Waals surface area contributed by atoms with Crippen LogP contribution in [0.1, 0.15) is 12.8 Å². The molecule has 0 saturated carbocycles. The highest BCUT2D eigenvalue weighted by Gasteiger charge is 2.38. The molecule has 10 nitrogen and oxygen atoms in total. The normalized spacial score (nSPS) is 21.0. The van der Waals surface area contributed by atoms with Crippen molar-refractivity contribution < 1.29 is 23.0 Å². The third kappa shape index (κ3) is 5.95. The van der Waals surface area contributed by atoms with Gasteiger partial charge in [-0.25, -0.2) is 15.4 Å². The summed E-state index contributed by atoms with van der Waals surface area (Å²) in [6.45, 7) is 13.9. The lowest BCUT2D eigenvalue weighted by Gasteiger charge is -2.39. The zero-order valence-electron chi connectivity index (χ0n) is 25.5. The molecule has 0 unspecified atom stereocenters. The largest absolute Gasteiger partial charge is 0.463 e. The summed E-state index contributed by atoms with van der Waals surface area (Å²) in [6, 6.07) is 10.8. The number of aromatic nitrogens is 3. The van der Waals surface area contributed by atoms with Crippen LogP contribution in [0.15, 0.2) is 55.0 Å². The Morgan fingerprint density at radius 2 is 2.02 bits per heavy atom. The molecule has 3 fully saturated rings. The maximum absolute atomic E-state index is 16.6. The van der Waals surface area contributed by atoms with E-state index in [9.17, 15) is 9.18 Å². The first-order valence-corrected chi connectivity index (χ1v) is 16.0. The number of likely N-dealkylation sites (tertiary alicyclic amines) is 1. The fourth-order valence-corrected chi connectivity index (χ4v) is 7.21. The van der Waals surface area contributed by atoms with Crippen LogP contribution in [0.3, 0.4) is 0 Å². The second kappa shape index (κ2) is 13.0. The van der Waals surface area contributed by atoms with Gasteiger partial charge in [-0.1, -0.05) is 48.5 Å². The summed E-state index contributed by atoms with van der Waals surface area (Å²) in [5.74, 6) is -2.23. The maximum Gasteiger partial charge on any atom is 0.319 e. The third-order valence-corrected chi connectivity index (χ3v) is 9.48. The Hall–Kier alpha value is -4.44. The summed E-state index contributed by atoms with van der Waals surface area (Å²) >= 11 is 6.58. The van der Waals surface area contributed by atoms with Gasteiger partial charge in [0.05, 0.1) is 24.7 Å². The van der Waals surface area contributed by atoms with Gasteiger partial charge >= 0.3 is 6.01 Å². The molecule has 2 aromatic carbocycles. The fraction of sp³-hybridized carbons (Fsp3) is 0.382. The Morgan fingerprint density at radius 3 is 2.77 bits per heavy atom. The van der Waals surface area contributed by atoms with Crippen molar-refractivity contribution in [1.29, 1.82) is 0 Å². The van der Waals surface area contributed by atoms with E-state index in [1.54, 1.807) is 12.1 Å². The van der Waals surface area contributed by atoms with Gasteiger partial charge in [0.2, 0.25) is 6.54 Å². The number of hydrogen-bond acceptors (Lipinski definition) is 8. The van der Waals surface area contributed by atoms with Crippen LogP contribution in [0.4, 0.5) is 14.6 Å². The predicted octanol–water partition coefficient (Wildman–Crippen LogP) is 5.30. The van der Waals surface area contributed by atoms with Gasteiger partial charge in [0.15, 0.2) is 11.6 Å². The predicted molar refractivity (Wildman–Crippen MR) is 175 cm³/mol. The number of amides is 1. The number of fused-ring (bicyclic) bond motifs is 4. The molecule has 47 heavy (non-hydrogen) atoms. The number of hydrogen-bond donors (Lipinski definition) is 0. The van der Waals surface area contributed by atoms with Gasteiger partial charge in [-0.05, 0) is 24.3 Å². The SMILES string of the molecule is [C-]#[N+]C[C@H]1CN(c2nc(OCCCN3C[C@@H]4C[C@H]3CO4)nc3c(F)c(-c4cccc5cccc(Cl)c45)ncc23)CCN1C(=O)C(=C)F. The third-order valence-electron chi connectivity index (χ3n) is 9.16. The lowest BCUT2D eigenvalue weighted by Crippen LogP contribution is -2.56. The quantitative estimate of drug-likeness (QED) is 0.136. The minimum absolute atomic E-state index is 0.00292. The molecule has 3 aliphatic rings. The van der Waals surface area contributed by atoms with Crippen molar-refractivity contribution in [2.45, 2.75) is 31.0 Å². The van der Waals surface area contributed by atoms with Crippen LogP contribution >= 0.6 is 11.6 Å². The summed E-state index contributed by atoms with van der Waals surface area (Å²) in [7, 11) is 0. The molecule has 0 radical (unpaired) electrons. The lowest BCUT2D eigenvalue weighted by atomic mass is 10.0. The van der Waals surface area contributed by atoms with E-state index in [4.69, 9.17) is 32.6 Å². The molecular formula is C34H32ClF2N7O3. The highest BCUT2D eigenvalue weighted by atomic mass is 35.5. The molecule has 3 atom stereocenters. The van der Waals surface area contributed by atoms with Crippen LogP contribution in [0.25, 0.3) is 37.8 Å². The van der Waals surface area contributed by atoms with Crippen LogP contribution in [0.5, 0.6) is 6.01 Å². The van der Waals surface area contributed by atoms with Crippen molar-refractivity contribution in [3.63, 3.8) is 0 Å². The number of carbonyl (C=O) groups is 1. The fourth-order valence-electron chi connectivity index (χ4n) is 6.92. The number of ether oxygens (including phenoxy) is 2. The van der Waals surface area contributed by atoms with E-state index in [1.165, 1.54) is 11.1 Å². The van der Waals surface area contributed by atoms with E-state index >= 15 is 4.39 Å². The monoisotopic (exact) mass is 659 g/mol. The number of piperazine rings is 1. The molecule has 0 N–H and O–H groups in total.